The summed E-state index contributed by atoms with van der Waals surface area (Å²) in [4.78, 5) is 41.4. The van der Waals surface area contributed by atoms with Gasteiger partial charge in [-0.25, -0.2) is 0 Å². The van der Waals surface area contributed by atoms with Crippen molar-refractivity contribution >= 4 is 34.7 Å². The van der Waals surface area contributed by atoms with Crippen molar-refractivity contribution in [2.75, 3.05) is 11.4 Å². The van der Waals surface area contributed by atoms with Gasteiger partial charge in [0.15, 0.2) is 5.76 Å². The van der Waals surface area contributed by atoms with Gasteiger partial charge in [0, 0.05) is 16.6 Å². The van der Waals surface area contributed by atoms with E-state index in [2.05, 4.69) is 10.6 Å². The van der Waals surface area contributed by atoms with E-state index in [4.69, 9.17) is 4.42 Å². The monoisotopic (exact) mass is 451 g/mol. The SMILES string of the molecule is O=C(NCC(=O)N(c1ccccc1)C(C(=O)NC1CCCC1)c1cccs1)c1ccco1. The van der Waals surface area contributed by atoms with Gasteiger partial charge < -0.3 is 15.1 Å². The summed E-state index contributed by atoms with van der Waals surface area (Å²) in [6, 6.07) is 15.2. The van der Waals surface area contributed by atoms with Crippen LogP contribution in [0.4, 0.5) is 5.69 Å². The molecular formula is C24H25N3O4S. The van der Waals surface area contributed by atoms with Gasteiger partial charge >= 0.3 is 0 Å². The van der Waals surface area contributed by atoms with Crippen LogP contribution in [0.5, 0.6) is 0 Å². The van der Waals surface area contributed by atoms with Crippen molar-refractivity contribution in [1.29, 1.82) is 0 Å². The second-order valence-electron chi connectivity index (χ2n) is 7.67. The van der Waals surface area contributed by atoms with Crippen molar-refractivity contribution < 1.29 is 18.8 Å². The lowest BCUT2D eigenvalue weighted by Gasteiger charge is -2.31. The summed E-state index contributed by atoms with van der Waals surface area (Å²) in [6.07, 6.45) is 5.47. The number of amides is 3. The fraction of sp³-hybridized carbons (Fsp3) is 0.292. The Morgan fingerprint density at radius 2 is 1.81 bits per heavy atom. The Morgan fingerprint density at radius 1 is 1.03 bits per heavy atom. The number of nitrogens with zero attached hydrogens (tertiary/aromatic N) is 1. The van der Waals surface area contributed by atoms with Crippen LogP contribution in [-0.4, -0.2) is 30.3 Å². The Bertz CT molecular complexity index is 1030. The molecule has 3 amide bonds. The highest BCUT2D eigenvalue weighted by Crippen LogP contribution is 2.31. The molecule has 0 aliphatic heterocycles. The highest BCUT2D eigenvalue weighted by Gasteiger charge is 2.35. The summed E-state index contributed by atoms with van der Waals surface area (Å²) < 4.78 is 5.09. The Kier molecular flexibility index (Phi) is 7.01. The molecule has 1 saturated carbocycles. The van der Waals surface area contributed by atoms with E-state index in [0.29, 0.717) is 5.69 Å². The van der Waals surface area contributed by atoms with Crippen molar-refractivity contribution in [3.05, 3.63) is 76.9 Å². The summed E-state index contributed by atoms with van der Waals surface area (Å²) in [5.74, 6) is -0.970. The normalized spacial score (nSPS) is 14.6. The highest BCUT2D eigenvalue weighted by molar-refractivity contribution is 7.10. The van der Waals surface area contributed by atoms with Gasteiger partial charge in [-0.1, -0.05) is 37.1 Å². The molecule has 0 spiro atoms. The molecule has 32 heavy (non-hydrogen) atoms. The van der Waals surface area contributed by atoms with Crippen molar-refractivity contribution in [3.8, 4) is 0 Å². The summed E-state index contributed by atoms with van der Waals surface area (Å²) >= 11 is 1.42. The molecule has 3 aromatic rings. The topological polar surface area (TPSA) is 91.7 Å². The maximum absolute atomic E-state index is 13.4. The van der Waals surface area contributed by atoms with E-state index < -0.39 is 17.9 Å². The second-order valence-corrected chi connectivity index (χ2v) is 8.65. The van der Waals surface area contributed by atoms with Crippen LogP contribution >= 0.6 is 11.3 Å². The maximum atomic E-state index is 13.4. The minimum atomic E-state index is -0.828. The van der Waals surface area contributed by atoms with E-state index in [-0.39, 0.29) is 24.3 Å². The molecule has 0 saturated heterocycles. The predicted octanol–water partition coefficient (Wildman–Crippen LogP) is 3.90. The largest absolute Gasteiger partial charge is 0.459 e. The number of benzene rings is 1. The molecular weight excluding hydrogens is 426 g/mol. The third-order valence-corrected chi connectivity index (χ3v) is 6.39. The molecule has 1 atom stereocenters. The van der Waals surface area contributed by atoms with Gasteiger partial charge in [-0.2, -0.15) is 0 Å². The number of anilines is 1. The first-order valence-corrected chi connectivity index (χ1v) is 11.5. The summed E-state index contributed by atoms with van der Waals surface area (Å²) in [7, 11) is 0. The van der Waals surface area contributed by atoms with Crippen LogP contribution in [-0.2, 0) is 9.59 Å². The molecule has 8 heteroatoms. The van der Waals surface area contributed by atoms with Crippen molar-refractivity contribution in [2.45, 2.75) is 37.8 Å². The summed E-state index contributed by atoms with van der Waals surface area (Å²) in [6.45, 7) is -0.271. The lowest BCUT2D eigenvalue weighted by molar-refractivity contribution is -0.126. The summed E-state index contributed by atoms with van der Waals surface area (Å²) in [5.41, 5.74) is 0.588. The van der Waals surface area contributed by atoms with Crippen molar-refractivity contribution in [2.24, 2.45) is 0 Å². The first-order valence-electron chi connectivity index (χ1n) is 10.7. The molecule has 1 fully saturated rings. The van der Waals surface area contributed by atoms with Crippen LogP contribution in [0.25, 0.3) is 0 Å². The van der Waals surface area contributed by atoms with E-state index in [1.807, 2.05) is 35.7 Å². The van der Waals surface area contributed by atoms with E-state index in [9.17, 15) is 14.4 Å². The van der Waals surface area contributed by atoms with Crippen LogP contribution in [0.1, 0.15) is 47.2 Å². The van der Waals surface area contributed by atoms with Gasteiger partial charge in [-0.05, 0) is 48.6 Å². The Balaban J connectivity index is 1.61. The Hall–Kier alpha value is -3.39. The Morgan fingerprint density at radius 3 is 2.47 bits per heavy atom. The standard InChI is InChI=1S/C24H25N3O4S/c28-21(16-25-23(29)19-12-6-14-31-19)27(18-10-2-1-3-11-18)22(20-13-7-15-32-20)24(30)26-17-8-4-5-9-17/h1-3,6-7,10-15,17,22H,4-5,8-9,16H2,(H,25,29)(H,26,30). The van der Waals surface area contributed by atoms with Gasteiger partial charge in [0.05, 0.1) is 12.8 Å². The van der Waals surface area contributed by atoms with Crippen LogP contribution in [0.2, 0.25) is 0 Å². The van der Waals surface area contributed by atoms with Gasteiger partial charge in [-0.15, -0.1) is 11.3 Å². The molecule has 2 heterocycles. The molecule has 1 aliphatic rings. The zero-order chi connectivity index (χ0) is 22.3. The predicted molar refractivity (Wildman–Crippen MR) is 122 cm³/mol. The smallest absolute Gasteiger partial charge is 0.287 e. The fourth-order valence-corrected chi connectivity index (χ4v) is 4.75. The number of para-hydroxylation sites is 1. The number of nitrogens with one attached hydrogen (secondary N) is 2. The molecule has 1 unspecified atom stereocenters. The lowest BCUT2D eigenvalue weighted by Crippen LogP contribution is -2.48. The van der Waals surface area contributed by atoms with Crippen LogP contribution < -0.4 is 15.5 Å². The van der Waals surface area contributed by atoms with E-state index in [1.165, 1.54) is 28.6 Å². The third-order valence-electron chi connectivity index (χ3n) is 5.47. The fourth-order valence-electron chi connectivity index (χ4n) is 3.93. The second kappa shape index (κ2) is 10.3. The number of hydrogen-bond acceptors (Lipinski definition) is 5. The summed E-state index contributed by atoms with van der Waals surface area (Å²) in [5, 5.41) is 7.61. The average Bonchev–Trinajstić information content (AvgIpc) is 3.59. The first kappa shape index (κ1) is 21.8. The van der Waals surface area contributed by atoms with Gasteiger partial charge in [0.25, 0.3) is 5.91 Å². The van der Waals surface area contributed by atoms with Gasteiger partial charge in [0.1, 0.15) is 6.04 Å². The number of thiophene rings is 1. The minimum absolute atomic E-state index is 0.122. The number of carbonyl (C=O) groups excluding carboxylic acids is 3. The highest BCUT2D eigenvalue weighted by atomic mass is 32.1. The molecule has 2 N–H and O–H groups in total. The van der Waals surface area contributed by atoms with Crippen LogP contribution in [0.15, 0.2) is 70.7 Å². The first-order chi connectivity index (χ1) is 15.6. The molecule has 0 radical (unpaired) electrons. The molecule has 7 nitrogen and oxygen atoms in total. The molecule has 166 valence electrons. The minimum Gasteiger partial charge on any atom is -0.459 e. The average molecular weight is 452 g/mol. The van der Waals surface area contributed by atoms with Gasteiger partial charge in [-0.3, -0.25) is 19.3 Å². The maximum Gasteiger partial charge on any atom is 0.287 e. The van der Waals surface area contributed by atoms with Crippen molar-refractivity contribution in [3.63, 3.8) is 0 Å². The number of carbonyl (C=O) groups is 3. The van der Waals surface area contributed by atoms with Crippen molar-refractivity contribution in [1.82, 2.24) is 10.6 Å². The van der Waals surface area contributed by atoms with Gasteiger partial charge in [0.2, 0.25) is 11.8 Å². The molecule has 0 bridgehead atoms. The zero-order valence-corrected chi connectivity index (χ0v) is 18.3. The number of rotatable bonds is 8. The van der Waals surface area contributed by atoms with E-state index >= 15 is 0 Å². The third kappa shape index (κ3) is 5.08. The zero-order valence-electron chi connectivity index (χ0n) is 17.5. The molecule has 1 aliphatic carbocycles. The number of hydrogen-bond donors (Lipinski definition) is 2. The Labute approximate surface area is 190 Å². The molecule has 1 aromatic carbocycles. The van der Waals surface area contributed by atoms with E-state index in [0.717, 1.165) is 30.6 Å². The number of furan rings is 1. The lowest BCUT2D eigenvalue weighted by atomic mass is 10.1. The van der Waals surface area contributed by atoms with Crippen LogP contribution in [0, 0.1) is 0 Å². The molecule has 2 aromatic heterocycles. The molecule has 4 rings (SSSR count). The van der Waals surface area contributed by atoms with Crippen LogP contribution in [0.3, 0.4) is 0 Å². The quantitative estimate of drug-likeness (QED) is 0.543. The van der Waals surface area contributed by atoms with E-state index in [1.54, 1.807) is 18.2 Å².